The molecule has 1 heterocycles. The fourth-order valence-corrected chi connectivity index (χ4v) is 5.16. The molecule has 1 aliphatic rings. The van der Waals surface area contributed by atoms with Crippen molar-refractivity contribution in [3.05, 3.63) is 66.2 Å². The Balaban J connectivity index is 1.72. The Morgan fingerprint density at radius 1 is 1.04 bits per heavy atom. The molecular formula is C22H22N2O3S. The molecule has 3 aromatic carbocycles. The number of sulfonamides is 1. The molecule has 0 spiro atoms. The molecule has 4 rings (SSSR count). The van der Waals surface area contributed by atoms with Gasteiger partial charge in [0.25, 0.3) is 10.0 Å². The van der Waals surface area contributed by atoms with Gasteiger partial charge in [0.15, 0.2) is 0 Å². The van der Waals surface area contributed by atoms with Crippen LogP contribution in [0.2, 0.25) is 0 Å². The lowest BCUT2D eigenvalue weighted by atomic mass is 10.1. The van der Waals surface area contributed by atoms with E-state index in [2.05, 4.69) is 0 Å². The predicted octanol–water partition coefficient (Wildman–Crippen LogP) is 3.96. The number of carbonyl (C=O) groups is 1. The van der Waals surface area contributed by atoms with Crippen LogP contribution >= 0.6 is 0 Å². The molecule has 1 amide bonds. The highest BCUT2D eigenvalue weighted by molar-refractivity contribution is 7.92. The third kappa shape index (κ3) is 2.94. The van der Waals surface area contributed by atoms with E-state index in [9.17, 15) is 13.2 Å². The zero-order valence-electron chi connectivity index (χ0n) is 16.1. The molecule has 0 aromatic heterocycles. The summed E-state index contributed by atoms with van der Waals surface area (Å²) in [7, 11) is -2.14. The molecule has 0 aliphatic carbocycles. The fourth-order valence-electron chi connectivity index (χ4n) is 3.92. The number of hydrogen-bond acceptors (Lipinski definition) is 3. The number of hydrogen-bond donors (Lipinski definition) is 0. The Hall–Kier alpha value is -2.86. The summed E-state index contributed by atoms with van der Waals surface area (Å²) < 4.78 is 27.7. The fraction of sp³-hybridized carbons (Fsp3) is 0.227. The van der Waals surface area contributed by atoms with E-state index < -0.39 is 10.0 Å². The Labute approximate surface area is 165 Å². The van der Waals surface area contributed by atoms with E-state index in [1.54, 1.807) is 30.1 Å². The first-order valence-corrected chi connectivity index (χ1v) is 10.6. The maximum Gasteiger partial charge on any atom is 0.264 e. The van der Waals surface area contributed by atoms with E-state index in [0.717, 1.165) is 22.0 Å². The quantitative estimate of drug-likeness (QED) is 0.676. The van der Waals surface area contributed by atoms with Crippen LogP contribution in [0.1, 0.15) is 19.4 Å². The smallest absolute Gasteiger partial charge is 0.264 e. The van der Waals surface area contributed by atoms with Crippen LogP contribution in [0.5, 0.6) is 0 Å². The van der Waals surface area contributed by atoms with Crippen molar-refractivity contribution in [2.24, 2.45) is 0 Å². The SMILES string of the molecule is CC(=O)N1c2ccc(S(=O)(=O)N(C)c3ccc4ccccc4c3)cc2CC1C. The van der Waals surface area contributed by atoms with Crippen molar-refractivity contribution >= 4 is 38.1 Å². The minimum atomic E-state index is -3.71. The third-order valence-corrected chi connectivity index (χ3v) is 7.14. The summed E-state index contributed by atoms with van der Waals surface area (Å²) in [5, 5.41) is 2.05. The molecule has 5 nitrogen and oxygen atoms in total. The zero-order chi connectivity index (χ0) is 20.1. The molecule has 0 fully saturated rings. The molecular weight excluding hydrogens is 372 g/mol. The summed E-state index contributed by atoms with van der Waals surface area (Å²) in [4.78, 5) is 13.9. The molecule has 3 aromatic rings. The van der Waals surface area contributed by atoms with E-state index >= 15 is 0 Å². The van der Waals surface area contributed by atoms with Crippen LogP contribution in [0, 0.1) is 0 Å². The number of benzene rings is 3. The van der Waals surface area contributed by atoms with Crippen molar-refractivity contribution in [3.8, 4) is 0 Å². The van der Waals surface area contributed by atoms with Crippen molar-refractivity contribution in [3.63, 3.8) is 0 Å². The average molecular weight is 394 g/mol. The summed E-state index contributed by atoms with van der Waals surface area (Å²) in [6.07, 6.45) is 0.651. The number of anilines is 2. The number of carbonyl (C=O) groups excluding carboxylic acids is 1. The number of nitrogens with zero attached hydrogens (tertiary/aromatic N) is 2. The molecule has 1 atom stereocenters. The van der Waals surface area contributed by atoms with Crippen LogP contribution in [0.15, 0.2) is 65.6 Å². The van der Waals surface area contributed by atoms with Crippen LogP contribution in [0.25, 0.3) is 10.8 Å². The van der Waals surface area contributed by atoms with Crippen LogP contribution in [0.3, 0.4) is 0 Å². The largest absolute Gasteiger partial charge is 0.309 e. The van der Waals surface area contributed by atoms with Gasteiger partial charge in [-0.05, 0) is 60.0 Å². The van der Waals surface area contributed by atoms with E-state index in [-0.39, 0.29) is 16.8 Å². The van der Waals surface area contributed by atoms with E-state index in [1.165, 1.54) is 11.2 Å². The van der Waals surface area contributed by atoms with Crippen molar-refractivity contribution < 1.29 is 13.2 Å². The number of amides is 1. The molecule has 0 N–H and O–H groups in total. The van der Waals surface area contributed by atoms with Crippen molar-refractivity contribution in [2.75, 3.05) is 16.3 Å². The molecule has 144 valence electrons. The van der Waals surface area contributed by atoms with Gasteiger partial charge in [0.05, 0.1) is 10.6 Å². The topological polar surface area (TPSA) is 57.7 Å². The predicted molar refractivity (Wildman–Crippen MR) is 112 cm³/mol. The molecule has 0 bridgehead atoms. The molecule has 0 saturated carbocycles. The molecule has 0 saturated heterocycles. The summed E-state index contributed by atoms with van der Waals surface area (Å²) in [6, 6.07) is 18.5. The lowest BCUT2D eigenvalue weighted by molar-refractivity contribution is -0.116. The minimum Gasteiger partial charge on any atom is -0.309 e. The molecule has 1 aliphatic heterocycles. The highest BCUT2D eigenvalue weighted by Crippen LogP contribution is 2.35. The van der Waals surface area contributed by atoms with Gasteiger partial charge in [-0.15, -0.1) is 0 Å². The van der Waals surface area contributed by atoms with Gasteiger partial charge in [-0.25, -0.2) is 8.42 Å². The molecule has 1 unspecified atom stereocenters. The lowest BCUT2D eigenvalue weighted by Crippen LogP contribution is -2.33. The van der Waals surface area contributed by atoms with Crippen LogP contribution in [-0.4, -0.2) is 27.4 Å². The Morgan fingerprint density at radius 3 is 2.46 bits per heavy atom. The zero-order valence-corrected chi connectivity index (χ0v) is 16.9. The van der Waals surface area contributed by atoms with Crippen LogP contribution in [-0.2, 0) is 21.2 Å². The van der Waals surface area contributed by atoms with E-state index in [4.69, 9.17) is 0 Å². The normalized spacial score (nSPS) is 16.2. The maximum absolute atomic E-state index is 13.2. The van der Waals surface area contributed by atoms with E-state index in [1.807, 2.05) is 49.4 Å². The Kier molecular flexibility index (Phi) is 4.38. The van der Waals surface area contributed by atoms with Crippen molar-refractivity contribution in [1.29, 1.82) is 0 Å². The van der Waals surface area contributed by atoms with Crippen molar-refractivity contribution in [1.82, 2.24) is 0 Å². The first kappa shape index (κ1) is 18.5. The number of rotatable bonds is 3. The van der Waals surface area contributed by atoms with Gasteiger partial charge < -0.3 is 4.90 Å². The highest BCUT2D eigenvalue weighted by atomic mass is 32.2. The lowest BCUT2D eigenvalue weighted by Gasteiger charge is -2.22. The standard InChI is InChI=1S/C22H22N2O3S/c1-15-12-19-14-21(10-11-22(19)24(15)16(2)25)28(26,27)23(3)20-9-8-17-6-4-5-7-18(17)13-20/h4-11,13-15H,12H2,1-3H3. The van der Waals surface area contributed by atoms with Gasteiger partial charge in [0.2, 0.25) is 5.91 Å². The first-order valence-electron chi connectivity index (χ1n) is 9.19. The molecule has 28 heavy (non-hydrogen) atoms. The first-order chi connectivity index (χ1) is 13.3. The van der Waals surface area contributed by atoms with Gasteiger partial charge in [0, 0.05) is 25.7 Å². The average Bonchev–Trinajstić information content (AvgIpc) is 3.02. The van der Waals surface area contributed by atoms with Gasteiger partial charge >= 0.3 is 0 Å². The highest BCUT2D eigenvalue weighted by Gasteiger charge is 2.31. The number of fused-ring (bicyclic) bond motifs is 2. The third-order valence-electron chi connectivity index (χ3n) is 5.36. The van der Waals surface area contributed by atoms with Gasteiger partial charge in [-0.3, -0.25) is 9.10 Å². The van der Waals surface area contributed by atoms with Gasteiger partial charge in [0.1, 0.15) is 0 Å². The molecule has 6 heteroatoms. The Bertz CT molecular complexity index is 1190. The summed E-state index contributed by atoms with van der Waals surface area (Å²) in [5.74, 6) is -0.0323. The monoisotopic (exact) mass is 394 g/mol. The van der Waals surface area contributed by atoms with Crippen LogP contribution < -0.4 is 9.21 Å². The summed E-state index contributed by atoms with van der Waals surface area (Å²) in [6.45, 7) is 3.50. The van der Waals surface area contributed by atoms with E-state index in [0.29, 0.717) is 12.1 Å². The molecule has 0 radical (unpaired) electrons. The van der Waals surface area contributed by atoms with Crippen molar-refractivity contribution in [2.45, 2.75) is 31.2 Å². The summed E-state index contributed by atoms with van der Waals surface area (Å²) in [5.41, 5.74) is 2.29. The maximum atomic E-state index is 13.2. The van der Waals surface area contributed by atoms with Gasteiger partial charge in [-0.2, -0.15) is 0 Å². The minimum absolute atomic E-state index is 0.0312. The second-order valence-corrected chi connectivity index (χ2v) is 9.21. The Morgan fingerprint density at radius 2 is 1.75 bits per heavy atom. The van der Waals surface area contributed by atoms with Crippen LogP contribution in [0.4, 0.5) is 11.4 Å². The summed E-state index contributed by atoms with van der Waals surface area (Å²) >= 11 is 0. The second-order valence-electron chi connectivity index (χ2n) is 7.24. The van der Waals surface area contributed by atoms with Gasteiger partial charge in [-0.1, -0.05) is 30.3 Å². The second kappa shape index (κ2) is 6.63.